The fourth-order valence-electron chi connectivity index (χ4n) is 3.94. The maximum Gasteiger partial charge on any atom is 0.234 e. The van der Waals surface area contributed by atoms with Crippen molar-refractivity contribution in [2.75, 3.05) is 18.5 Å². The van der Waals surface area contributed by atoms with Gasteiger partial charge in [0.25, 0.3) is 0 Å². The molecule has 1 aliphatic heterocycles. The van der Waals surface area contributed by atoms with E-state index in [-0.39, 0.29) is 12.1 Å². The van der Waals surface area contributed by atoms with E-state index in [1.165, 1.54) is 0 Å². The molecule has 0 amide bonds. The summed E-state index contributed by atoms with van der Waals surface area (Å²) < 4.78 is 13.1. The highest BCUT2D eigenvalue weighted by molar-refractivity contribution is 5.43. The largest absolute Gasteiger partial charge is 0.468 e. The predicted octanol–water partition coefficient (Wildman–Crippen LogP) is 2.42. The second kappa shape index (κ2) is 7.68. The van der Waals surface area contributed by atoms with Crippen molar-refractivity contribution < 1.29 is 9.47 Å². The monoisotopic (exact) mass is 390 g/mol. The molecule has 1 saturated carbocycles. The molecule has 2 fully saturated rings. The number of hydrogen-bond donors (Lipinski definition) is 1. The van der Waals surface area contributed by atoms with Crippen LogP contribution < -0.4 is 10.1 Å². The van der Waals surface area contributed by atoms with Gasteiger partial charge >= 0.3 is 0 Å². The van der Waals surface area contributed by atoms with Crippen LogP contribution in [0.5, 0.6) is 5.88 Å². The van der Waals surface area contributed by atoms with Gasteiger partial charge in [-0.2, -0.15) is 4.98 Å². The third kappa shape index (κ3) is 3.61. The smallest absolute Gasteiger partial charge is 0.234 e. The molecule has 1 N–H and O–H groups in total. The molecule has 0 bridgehead atoms. The summed E-state index contributed by atoms with van der Waals surface area (Å²) >= 11 is 0. The molecule has 2 aliphatic rings. The first kappa shape index (κ1) is 17.9. The van der Waals surface area contributed by atoms with Crippen molar-refractivity contribution in [2.24, 2.45) is 0 Å². The second-order valence-electron chi connectivity index (χ2n) is 7.53. The summed E-state index contributed by atoms with van der Waals surface area (Å²) in [5.74, 6) is 4.92. The van der Waals surface area contributed by atoms with E-state index in [1.54, 1.807) is 6.20 Å². The summed E-state index contributed by atoms with van der Waals surface area (Å²) in [7, 11) is 0. The van der Waals surface area contributed by atoms with Crippen molar-refractivity contribution >= 4 is 11.6 Å². The lowest BCUT2D eigenvalue weighted by Crippen LogP contribution is -2.39. The number of pyridine rings is 1. The van der Waals surface area contributed by atoms with E-state index in [2.05, 4.69) is 35.8 Å². The molecular weight excluding hydrogens is 368 g/mol. The van der Waals surface area contributed by atoms with Gasteiger partial charge in [0.1, 0.15) is 17.5 Å². The van der Waals surface area contributed by atoms with E-state index >= 15 is 0 Å². The number of fused-ring (bicyclic) bond motifs is 1. The van der Waals surface area contributed by atoms with Crippen molar-refractivity contribution in [1.82, 2.24) is 24.6 Å². The summed E-state index contributed by atoms with van der Waals surface area (Å²) in [6.45, 7) is 1.13. The second-order valence-corrected chi connectivity index (χ2v) is 7.53. The van der Waals surface area contributed by atoms with Gasteiger partial charge in [0.2, 0.25) is 11.8 Å². The molecule has 0 spiro atoms. The number of ether oxygens (including phenoxy) is 2. The molecule has 3 aromatic heterocycles. The average molecular weight is 390 g/mol. The maximum absolute atomic E-state index is 5.85. The van der Waals surface area contributed by atoms with Crippen LogP contribution >= 0.6 is 0 Å². The third-order valence-electron chi connectivity index (χ3n) is 5.51. The Bertz CT molecular complexity index is 1050. The zero-order chi connectivity index (χ0) is 19.6. The molecule has 0 unspecified atom stereocenters. The molecular formula is C21H22N6O2. The summed E-state index contributed by atoms with van der Waals surface area (Å²) in [6.07, 6.45) is 13.4. The zero-order valence-corrected chi connectivity index (χ0v) is 16.0. The lowest BCUT2D eigenvalue weighted by atomic mass is 9.85. The van der Waals surface area contributed by atoms with Gasteiger partial charge in [-0.15, -0.1) is 16.6 Å². The molecule has 8 heteroatoms. The van der Waals surface area contributed by atoms with Crippen LogP contribution in [0.1, 0.15) is 43.0 Å². The third-order valence-corrected chi connectivity index (χ3v) is 5.51. The Balaban J connectivity index is 1.31. The molecule has 5 rings (SSSR count). The summed E-state index contributed by atoms with van der Waals surface area (Å²) in [5.41, 5.74) is 1.44. The standard InChI is InChI=1S/C21H22N6O2/c1-2-14-11-22-21(24-20(14)29-17-12-28-13-17)23-16-7-5-6-15(10-16)19-26-25-18-8-3-4-9-27(18)19/h1,3-4,8-9,11,15-17H,5-7,10,12-13H2,(H,22,23,24)/t15-,16+/m0/s1. The van der Waals surface area contributed by atoms with Crippen LogP contribution in [0.2, 0.25) is 0 Å². The van der Waals surface area contributed by atoms with Gasteiger partial charge in [-0.1, -0.05) is 18.4 Å². The van der Waals surface area contributed by atoms with Gasteiger partial charge < -0.3 is 14.8 Å². The van der Waals surface area contributed by atoms with Crippen LogP contribution in [0.4, 0.5) is 5.95 Å². The first-order valence-electron chi connectivity index (χ1n) is 9.94. The van der Waals surface area contributed by atoms with E-state index in [1.807, 2.05) is 24.4 Å². The molecule has 0 aromatic carbocycles. The summed E-state index contributed by atoms with van der Waals surface area (Å²) in [6, 6.07) is 6.21. The molecule has 4 heterocycles. The van der Waals surface area contributed by atoms with Crippen LogP contribution in [0.15, 0.2) is 30.6 Å². The molecule has 148 valence electrons. The van der Waals surface area contributed by atoms with Crippen LogP contribution in [-0.4, -0.2) is 49.9 Å². The number of anilines is 1. The van der Waals surface area contributed by atoms with E-state index in [0.717, 1.165) is 37.2 Å². The Hall–Kier alpha value is -3.18. The van der Waals surface area contributed by atoms with Crippen molar-refractivity contribution in [3.63, 3.8) is 0 Å². The topological polar surface area (TPSA) is 86.5 Å². The molecule has 1 saturated heterocycles. The predicted molar refractivity (Wildman–Crippen MR) is 107 cm³/mol. The normalized spacial score (nSPS) is 22.0. The molecule has 3 aromatic rings. The molecule has 29 heavy (non-hydrogen) atoms. The highest BCUT2D eigenvalue weighted by Gasteiger charge is 2.28. The molecule has 8 nitrogen and oxygen atoms in total. The van der Waals surface area contributed by atoms with Crippen LogP contribution in [0.25, 0.3) is 5.65 Å². The van der Waals surface area contributed by atoms with Crippen molar-refractivity contribution in [2.45, 2.75) is 43.7 Å². The SMILES string of the molecule is C#Cc1cnc(N[C@@H]2CCC[C@H](c3nnc4ccccn34)C2)nc1OC1COC1. The fourth-order valence-corrected chi connectivity index (χ4v) is 3.94. The van der Waals surface area contributed by atoms with Crippen molar-refractivity contribution in [1.29, 1.82) is 0 Å². The van der Waals surface area contributed by atoms with Gasteiger partial charge in [-0.05, 0) is 31.4 Å². The minimum Gasteiger partial charge on any atom is -0.468 e. The summed E-state index contributed by atoms with van der Waals surface area (Å²) in [4.78, 5) is 8.91. The Kier molecular flexibility index (Phi) is 4.74. The molecule has 2 atom stereocenters. The van der Waals surface area contributed by atoms with Gasteiger partial charge in [0.05, 0.1) is 19.4 Å². The molecule has 0 radical (unpaired) electrons. The number of terminal acetylenes is 1. The highest BCUT2D eigenvalue weighted by Crippen LogP contribution is 2.33. The van der Waals surface area contributed by atoms with Crippen molar-refractivity contribution in [3.05, 3.63) is 42.0 Å². The van der Waals surface area contributed by atoms with Gasteiger partial charge in [0.15, 0.2) is 5.65 Å². The molecule has 1 aliphatic carbocycles. The number of nitrogens with zero attached hydrogens (tertiary/aromatic N) is 5. The Labute approximate surface area is 168 Å². The zero-order valence-electron chi connectivity index (χ0n) is 16.0. The Morgan fingerprint density at radius 3 is 3.00 bits per heavy atom. The van der Waals surface area contributed by atoms with Crippen molar-refractivity contribution in [3.8, 4) is 18.2 Å². The average Bonchev–Trinajstić information content (AvgIpc) is 3.15. The summed E-state index contributed by atoms with van der Waals surface area (Å²) in [5, 5.41) is 12.2. The number of nitrogens with one attached hydrogen (secondary N) is 1. The Morgan fingerprint density at radius 1 is 1.24 bits per heavy atom. The lowest BCUT2D eigenvalue weighted by Gasteiger charge is -2.29. The van der Waals surface area contributed by atoms with Gasteiger partial charge in [-0.3, -0.25) is 4.40 Å². The lowest BCUT2D eigenvalue weighted by molar-refractivity contribution is -0.0814. The quantitative estimate of drug-likeness (QED) is 0.670. The maximum atomic E-state index is 5.85. The highest BCUT2D eigenvalue weighted by atomic mass is 16.6. The number of rotatable bonds is 5. The fraction of sp³-hybridized carbons (Fsp3) is 0.429. The Morgan fingerprint density at radius 2 is 2.17 bits per heavy atom. The van der Waals surface area contributed by atoms with E-state index in [9.17, 15) is 0 Å². The van der Waals surface area contributed by atoms with E-state index in [0.29, 0.717) is 36.5 Å². The minimum absolute atomic E-state index is 0.00475. The number of hydrogen-bond acceptors (Lipinski definition) is 7. The van der Waals surface area contributed by atoms with Crippen LogP contribution in [0, 0.1) is 12.3 Å². The van der Waals surface area contributed by atoms with E-state index < -0.39 is 0 Å². The van der Waals surface area contributed by atoms with Gasteiger partial charge in [0, 0.05) is 18.2 Å². The minimum atomic E-state index is 0.00475. The number of aromatic nitrogens is 5. The van der Waals surface area contributed by atoms with E-state index in [4.69, 9.17) is 15.9 Å². The van der Waals surface area contributed by atoms with Crippen LogP contribution in [-0.2, 0) is 4.74 Å². The first-order chi connectivity index (χ1) is 14.3. The first-order valence-corrected chi connectivity index (χ1v) is 9.94. The van der Waals surface area contributed by atoms with Crippen LogP contribution in [0.3, 0.4) is 0 Å². The van der Waals surface area contributed by atoms with Gasteiger partial charge in [-0.25, -0.2) is 4.98 Å².